The number of fused-ring (bicyclic) bond motifs is 1. The quantitative estimate of drug-likeness (QED) is 0.404. The number of carbonyl (C=O) groups excluding carboxylic acids is 1. The first kappa shape index (κ1) is 24.9. The molecule has 0 saturated carbocycles. The molecule has 0 N–H and O–H groups in total. The second kappa shape index (κ2) is 10.6. The van der Waals surface area contributed by atoms with Gasteiger partial charge in [0.2, 0.25) is 0 Å². The number of benzene rings is 2. The topological polar surface area (TPSA) is 70.1 Å². The molecule has 1 aliphatic rings. The van der Waals surface area contributed by atoms with Crippen molar-refractivity contribution >= 4 is 21.8 Å². The minimum atomic E-state index is -0.326. The number of carbonyl (C=O) groups is 1. The van der Waals surface area contributed by atoms with E-state index >= 15 is 0 Å². The molecule has 2 heterocycles. The van der Waals surface area contributed by atoms with Crippen LogP contribution in [0.4, 0.5) is 0 Å². The highest BCUT2D eigenvalue weighted by Crippen LogP contribution is 2.39. The predicted octanol–water partition coefficient (Wildman–Crippen LogP) is 5.31. The fourth-order valence-corrected chi connectivity index (χ4v) is 4.69. The van der Waals surface area contributed by atoms with E-state index in [1.165, 1.54) is 0 Å². The number of nitrogens with zero attached hydrogens (tertiary/aromatic N) is 2. The molecular weight excluding hydrogens is 512 g/mol. The van der Waals surface area contributed by atoms with E-state index in [1.807, 2.05) is 55.1 Å². The Morgan fingerprint density at radius 1 is 1.03 bits per heavy atom. The lowest BCUT2D eigenvalue weighted by Gasteiger charge is -2.38. The lowest BCUT2D eigenvalue weighted by molar-refractivity contribution is 0.0588. The first-order valence-electron chi connectivity index (χ1n) is 11.3. The van der Waals surface area contributed by atoms with Crippen LogP contribution in [0.1, 0.15) is 38.8 Å². The van der Waals surface area contributed by atoms with Crippen molar-refractivity contribution in [1.29, 1.82) is 0 Å². The molecule has 0 aliphatic carbocycles. The summed E-state index contributed by atoms with van der Waals surface area (Å²) in [6.07, 6.45) is 2.35. The third-order valence-electron chi connectivity index (χ3n) is 6.40. The van der Waals surface area contributed by atoms with Crippen LogP contribution in [0.5, 0.6) is 23.0 Å². The van der Waals surface area contributed by atoms with Gasteiger partial charge in [0, 0.05) is 17.2 Å². The third kappa shape index (κ3) is 4.93. The van der Waals surface area contributed by atoms with Crippen LogP contribution in [0.3, 0.4) is 0 Å². The number of pyridine rings is 1. The molecule has 0 bridgehead atoms. The molecule has 0 spiro atoms. The molecule has 2 aromatic carbocycles. The summed E-state index contributed by atoms with van der Waals surface area (Å²) in [6.45, 7) is 4.66. The van der Waals surface area contributed by atoms with Crippen molar-refractivity contribution in [2.24, 2.45) is 0 Å². The van der Waals surface area contributed by atoms with E-state index in [4.69, 9.17) is 18.9 Å². The van der Waals surface area contributed by atoms with Crippen molar-refractivity contribution in [3.63, 3.8) is 0 Å². The van der Waals surface area contributed by atoms with Gasteiger partial charge >= 0.3 is 0 Å². The van der Waals surface area contributed by atoms with Crippen LogP contribution in [0.15, 0.2) is 47.1 Å². The smallest absolute Gasteiger partial charge is 0.256 e. The maximum absolute atomic E-state index is 13.8. The SMILES string of the molecule is COc1ccc(OCC2c3cc(OC)c(OC)cc3CCN2C(=O)c2cnc(C)c(Br)c2C)cc1. The van der Waals surface area contributed by atoms with E-state index in [2.05, 4.69) is 20.9 Å². The fourth-order valence-electron chi connectivity index (χ4n) is 4.37. The molecule has 4 rings (SSSR count). The Morgan fingerprint density at radius 3 is 2.34 bits per heavy atom. The van der Waals surface area contributed by atoms with E-state index in [-0.39, 0.29) is 18.6 Å². The summed E-state index contributed by atoms with van der Waals surface area (Å²) in [5, 5.41) is 0. The number of aromatic nitrogens is 1. The van der Waals surface area contributed by atoms with Crippen LogP contribution in [-0.2, 0) is 6.42 Å². The molecule has 1 aliphatic heterocycles. The first-order valence-corrected chi connectivity index (χ1v) is 12.1. The van der Waals surface area contributed by atoms with Crippen LogP contribution in [-0.4, -0.2) is 50.3 Å². The van der Waals surface area contributed by atoms with Gasteiger partial charge in [0.25, 0.3) is 5.91 Å². The summed E-state index contributed by atoms with van der Waals surface area (Å²) in [5.41, 5.74) is 4.37. The molecule has 0 fully saturated rings. The zero-order valence-electron chi connectivity index (χ0n) is 20.6. The van der Waals surface area contributed by atoms with Crippen molar-refractivity contribution in [2.75, 3.05) is 34.5 Å². The predicted molar refractivity (Wildman–Crippen MR) is 137 cm³/mol. The van der Waals surface area contributed by atoms with E-state index in [1.54, 1.807) is 27.5 Å². The number of amides is 1. The highest BCUT2D eigenvalue weighted by atomic mass is 79.9. The third-order valence-corrected chi connectivity index (χ3v) is 7.57. The molecule has 0 saturated heterocycles. The summed E-state index contributed by atoms with van der Waals surface area (Å²) < 4.78 is 23.3. The Hall–Kier alpha value is -3.26. The Bertz CT molecular complexity index is 1230. The number of hydrogen-bond acceptors (Lipinski definition) is 6. The van der Waals surface area contributed by atoms with Crippen LogP contribution in [0.25, 0.3) is 0 Å². The highest BCUT2D eigenvalue weighted by Gasteiger charge is 2.34. The number of rotatable bonds is 7. The van der Waals surface area contributed by atoms with Crippen LogP contribution < -0.4 is 18.9 Å². The summed E-state index contributed by atoms with van der Waals surface area (Å²) in [4.78, 5) is 20.1. The van der Waals surface area contributed by atoms with E-state index in [0.29, 0.717) is 35.8 Å². The zero-order chi connectivity index (χ0) is 25.1. The highest BCUT2D eigenvalue weighted by molar-refractivity contribution is 9.10. The molecule has 1 unspecified atom stereocenters. The van der Waals surface area contributed by atoms with Crippen LogP contribution >= 0.6 is 15.9 Å². The minimum absolute atomic E-state index is 0.0838. The number of aryl methyl sites for hydroxylation is 1. The van der Waals surface area contributed by atoms with Gasteiger partial charge in [-0.3, -0.25) is 9.78 Å². The van der Waals surface area contributed by atoms with Crippen molar-refractivity contribution in [3.05, 3.63) is 75.0 Å². The molecule has 3 aromatic rings. The van der Waals surface area contributed by atoms with Gasteiger partial charge in [-0.2, -0.15) is 0 Å². The molecule has 7 nitrogen and oxygen atoms in total. The van der Waals surface area contributed by atoms with Gasteiger partial charge in [0.05, 0.1) is 38.6 Å². The van der Waals surface area contributed by atoms with Gasteiger partial charge in [-0.1, -0.05) is 0 Å². The molecular formula is C27H29BrN2O5. The largest absolute Gasteiger partial charge is 0.497 e. The van der Waals surface area contributed by atoms with Gasteiger partial charge in [0.15, 0.2) is 11.5 Å². The lowest BCUT2D eigenvalue weighted by atomic mass is 9.91. The van der Waals surface area contributed by atoms with E-state index in [9.17, 15) is 4.79 Å². The number of methoxy groups -OCH3 is 3. The van der Waals surface area contributed by atoms with Gasteiger partial charge in [-0.05, 0) is 89.3 Å². The average Bonchev–Trinajstić information content (AvgIpc) is 2.89. The van der Waals surface area contributed by atoms with Gasteiger partial charge in [-0.25, -0.2) is 0 Å². The second-order valence-corrected chi connectivity index (χ2v) is 9.15. The average molecular weight is 541 g/mol. The minimum Gasteiger partial charge on any atom is -0.497 e. The van der Waals surface area contributed by atoms with E-state index < -0.39 is 0 Å². The second-order valence-electron chi connectivity index (χ2n) is 8.35. The molecule has 1 atom stereocenters. The zero-order valence-corrected chi connectivity index (χ0v) is 22.1. The molecule has 1 amide bonds. The summed E-state index contributed by atoms with van der Waals surface area (Å²) in [7, 11) is 4.86. The van der Waals surface area contributed by atoms with Crippen molar-refractivity contribution < 1.29 is 23.7 Å². The Kier molecular flexibility index (Phi) is 7.50. The van der Waals surface area contributed by atoms with Crippen molar-refractivity contribution in [3.8, 4) is 23.0 Å². The molecule has 1 aromatic heterocycles. The Balaban J connectivity index is 1.72. The summed E-state index contributed by atoms with van der Waals surface area (Å²) >= 11 is 3.57. The van der Waals surface area contributed by atoms with E-state index in [0.717, 1.165) is 32.6 Å². The van der Waals surface area contributed by atoms with Crippen LogP contribution in [0, 0.1) is 13.8 Å². The van der Waals surface area contributed by atoms with Gasteiger partial charge < -0.3 is 23.8 Å². The Labute approximate surface area is 214 Å². The van der Waals surface area contributed by atoms with Crippen molar-refractivity contribution in [2.45, 2.75) is 26.3 Å². The van der Waals surface area contributed by atoms with Crippen molar-refractivity contribution in [1.82, 2.24) is 9.88 Å². The number of halogens is 1. The van der Waals surface area contributed by atoms with Crippen LogP contribution in [0.2, 0.25) is 0 Å². The number of ether oxygens (including phenoxy) is 4. The lowest BCUT2D eigenvalue weighted by Crippen LogP contribution is -2.43. The Morgan fingerprint density at radius 2 is 1.69 bits per heavy atom. The van der Waals surface area contributed by atoms with Gasteiger partial charge in [-0.15, -0.1) is 0 Å². The van der Waals surface area contributed by atoms with Gasteiger partial charge in [0.1, 0.15) is 18.1 Å². The molecule has 184 valence electrons. The monoisotopic (exact) mass is 540 g/mol. The maximum atomic E-state index is 13.8. The summed E-state index contributed by atoms with van der Waals surface area (Å²) in [6, 6.07) is 11.0. The summed E-state index contributed by atoms with van der Waals surface area (Å²) in [5.74, 6) is 2.65. The maximum Gasteiger partial charge on any atom is 0.256 e. The normalized spacial score (nSPS) is 14.8. The molecule has 8 heteroatoms. The fraction of sp³-hybridized carbons (Fsp3) is 0.333. The standard InChI is InChI=1S/C27H29BrN2O5/c1-16-22(14-29-17(2)26(16)28)27(31)30-11-10-18-12-24(33-4)25(34-5)13-21(18)23(30)15-35-20-8-6-19(32-3)7-9-20/h6-9,12-14,23H,10-11,15H2,1-5H3. The first-order chi connectivity index (χ1) is 16.9. The number of hydrogen-bond donors (Lipinski definition) is 0. The molecule has 0 radical (unpaired) electrons. The molecule has 35 heavy (non-hydrogen) atoms.